The fourth-order valence-electron chi connectivity index (χ4n) is 0.754. The zero-order chi connectivity index (χ0) is 9.14. The van der Waals surface area contributed by atoms with Crippen molar-refractivity contribution >= 4 is 27.5 Å². The van der Waals surface area contributed by atoms with Crippen LogP contribution in [0.1, 0.15) is 6.92 Å². The molecule has 2 nitrogen and oxygen atoms in total. The van der Waals surface area contributed by atoms with Crippen LogP contribution in [0.5, 0.6) is 0 Å². The molecular weight excluding hydrogens is 225 g/mol. The number of hydrogen-bond acceptors (Lipinski definition) is 1. The summed E-state index contributed by atoms with van der Waals surface area (Å²) >= 11 is 3.21. The first-order chi connectivity index (χ1) is 5.61. The van der Waals surface area contributed by atoms with Crippen LogP contribution in [0.15, 0.2) is 28.7 Å². The standard InChI is InChI=1S/C8H7BrFNO/c1-6(12)11(10)8-4-2-7(9)3-5-8/h2-5H,1H3. The van der Waals surface area contributed by atoms with Gasteiger partial charge < -0.3 is 0 Å². The van der Waals surface area contributed by atoms with Crippen molar-refractivity contribution in [2.45, 2.75) is 6.92 Å². The molecule has 0 saturated heterocycles. The van der Waals surface area contributed by atoms with Gasteiger partial charge >= 0.3 is 0 Å². The predicted octanol–water partition coefficient (Wildman–Crippen LogP) is 2.69. The highest BCUT2D eigenvalue weighted by atomic mass is 79.9. The lowest BCUT2D eigenvalue weighted by Gasteiger charge is -2.08. The third kappa shape index (κ3) is 2.04. The smallest absolute Gasteiger partial charge is 0.251 e. The molecule has 64 valence electrons. The molecule has 4 heteroatoms. The molecule has 0 aliphatic rings. The molecule has 0 saturated carbocycles. The first-order valence-electron chi connectivity index (χ1n) is 3.33. The quantitative estimate of drug-likeness (QED) is 0.681. The third-order valence-electron chi connectivity index (χ3n) is 1.33. The molecule has 0 aliphatic carbocycles. The Kier molecular flexibility index (Phi) is 2.81. The van der Waals surface area contributed by atoms with Crippen molar-refractivity contribution in [2.75, 3.05) is 5.12 Å². The van der Waals surface area contributed by atoms with Crippen LogP contribution in [0.2, 0.25) is 0 Å². The topological polar surface area (TPSA) is 20.3 Å². The summed E-state index contributed by atoms with van der Waals surface area (Å²) in [5, 5.41) is 0.104. The summed E-state index contributed by atoms with van der Waals surface area (Å²) in [7, 11) is 0. The largest absolute Gasteiger partial charge is 0.272 e. The molecule has 0 N–H and O–H groups in total. The lowest BCUT2D eigenvalue weighted by Crippen LogP contribution is -2.17. The van der Waals surface area contributed by atoms with Crippen molar-refractivity contribution in [3.8, 4) is 0 Å². The summed E-state index contributed by atoms with van der Waals surface area (Å²) in [4.78, 5) is 10.6. The van der Waals surface area contributed by atoms with E-state index in [4.69, 9.17) is 0 Å². The first kappa shape index (κ1) is 9.19. The van der Waals surface area contributed by atoms with E-state index in [1.807, 2.05) is 0 Å². The van der Waals surface area contributed by atoms with Crippen LogP contribution < -0.4 is 5.12 Å². The summed E-state index contributed by atoms with van der Waals surface area (Å²) in [5.74, 6) is -0.627. The minimum atomic E-state index is -0.627. The van der Waals surface area contributed by atoms with Crippen molar-refractivity contribution in [1.29, 1.82) is 0 Å². The molecule has 0 bridgehead atoms. The number of anilines is 1. The highest BCUT2D eigenvalue weighted by Gasteiger charge is 2.08. The van der Waals surface area contributed by atoms with Gasteiger partial charge in [-0.1, -0.05) is 20.4 Å². The molecule has 0 aliphatic heterocycles. The van der Waals surface area contributed by atoms with Gasteiger partial charge in [-0.3, -0.25) is 4.79 Å². The second-order valence-corrected chi connectivity index (χ2v) is 3.19. The molecule has 0 aromatic heterocycles. The monoisotopic (exact) mass is 231 g/mol. The fourth-order valence-corrected chi connectivity index (χ4v) is 1.02. The summed E-state index contributed by atoms with van der Waals surface area (Å²) in [6, 6.07) is 6.38. The van der Waals surface area contributed by atoms with Crippen LogP contribution in [0.3, 0.4) is 0 Å². The van der Waals surface area contributed by atoms with E-state index in [1.54, 1.807) is 12.1 Å². The Hall–Kier alpha value is -0.900. The van der Waals surface area contributed by atoms with Crippen LogP contribution in [0.25, 0.3) is 0 Å². The summed E-state index contributed by atoms with van der Waals surface area (Å²) < 4.78 is 13.7. The first-order valence-corrected chi connectivity index (χ1v) is 4.12. The Labute approximate surface area is 78.1 Å². The molecule has 1 rings (SSSR count). The Morgan fingerprint density at radius 3 is 2.33 bits per heavy atom. The van der Waals surface area contributed by atoms with Gasteiger partial charge in [-0.25, -0.2) is 0 Å². The van der Waals surface area contributed by atoms with Crippen molar-refractivity contribution in [1.82, 2.24) is 0 Å². The number of carbonyl (C=O) groups is 1. The summed E-state index contributed by atoms with van der Waals surface area (Å²) in [5.41, 5.74) is 0.241. The Bertz CT molecular complexity index is 286. The molecule has 0 heterocycles. The predicted molar refractivity (Wildman–Crippen MR) is 48.4 cm³/mol. The Balaban J connectivity index is 2.89. The number of nitrogens with zero attached hydrogens (tertiary/aromatic N) is 1. The minimum absolute atomic E-state index is 0.104. The maximum Gasteiger partial charge on any atom is 0.251 e. The number of hydrogen-bond donors (Lipinski definition) is 0. The van der Waals surface area contributed by atoms with Crippen molar-refractivity contribution in [3.63, 3.8) is 0 Å². The van der Waals surface area contributed by atoms with Crippen LogP contribution >= 0.6 is 15.9 Å². The fraction of sp³-hybridized carbons (Fsp3) is 0.125. The van der Waals surface area contributed by atoms with E-state index in [2.05, 4.69) is 15.9 Å². The number of benzene rings is 1. The van der Waals surface area contributed by atoms with Gasteiger partial charge in [0.25, 0.3) is 5.91 Å². The van der Waals surface area contributed by atoms with Crippen LogP contribution in [0, 0.1) is 0 Å². The van der Waals surface area contributed by atoms with Gasteiger partial charge in [-0.05, 0) is 24.3 Å². The molecule has 0 atom stereocenters. The van der Waals surface area contributed by atoms with Crippen molar-refractivity contribution in [2.24, 2.45) is 0 Å². The number of halogens is 2. The Morgan fingerprint density at radius 2 is 1.92 bits per heavy atom. The van der Waals surface area contributed by atoms with E-state index in [0.717, 1.165) is 4.47 Å². The van der Waals surface area contributed by atoms with Crippen molar-refractivity contribution < 1.29 is 9.28 Å². The average molecular weight is 232 g/mol. The van der Waals surface area contributed by atoms with E-state index >= 15 is 0 Å². The third-order valence-corrected chi connectivity index (χ3v) is 1.86. The van der Waals surface area contributed by atoms with Crippen LogP contribution in [-0.2, 0) is 4.79 Å². The number of amides is 1. The molecule has 1 aromatic rings. The van der Waals surface area contributed by atoms with Gasteiger partial charge in [-0.15, -0.1) is 5.12 Å². The SMILES string of the molecule is CC(=O)N(F)c1ccc(Br)cc1. The normalized spacial score (nSPS) is 9.58. The number of rotatable bonds is 1. The lowest BCUT2D eigenvalue weighted by molar-refractivity contribution is -0.119. The van der Waals surface area contributed by atoms with Gasteiger partial charge in [0.2, 0.25) is 0 Å². The molecule has 12 heavy (non-hydrogen) atoms. The van der Waals surface area contributed by atoms with E-state index in [-0.39, 0.29) is 10.8 Å². The van der Waals surface area contributed by atoms with Crippen molar-refractivity contribution in [3.05, 3.63) is 28.7 Å². The van der Waals surface area contributed by atoms with Gasteiger partial charge in [0.1, 0.15) is 0 Å². The lowest BCUT2D eigenvalue weighted by atomic mass is 10.3. The van der Waals surface area contributed by atoms with Gasteiger partial charge in [-0.2, -0.15) is 0 Å². The molecule has 0 radical (unpaired) electrons. The van der Waals surface area contributed by atoms with E-state index < -0.39 is 5.91 Å². The molecule has 0 fully saturated rings. The maximum absolute atomic E-state index is 12.9. The Morgan fingerprint density at radius 1 is 1.42 bits per heavy atom. The van der Waals surface area contributed by atoms with Gasteiger partial charge in [0.05, 0.1) is 5.69 Å². The highest BCUT2D eigenvalue weighted by Crippen LogP contribution is 2.18. The summed E-state index contributed by atoms with van der Waals surface area (Å²) in [6.45, 7) is 1.17. The summed E-state index contributed by atoms with van der Waals surface area (Å²) in [6.07, 6.45) is 0. The molecule has 1 aromatic carbocycles. The average Bonchev–Trinajstić information content (AvgIpc) is 2.04. The zero-order valence-electron chi connectivity index (χ0n) is 6.42. The van der Waals surface area contributed by atoms with E-state index in [9.17, 15) is 9.28 Å². The van der Waals surface area contributed by atoms with Crippen LogP contribution in [-0.4, -0.2) is 5.91 Å². The highest BCUT2D eigenvalue weighted by molar-refractivity contribution is 9.10. The molecule has 0 unspecified atom stereocenters. The zero-order valence-corrected chi connectivity index (χ0v) is 8.01. The molecular formula is C8H7BrFNO. The maximum atomic E-state index is 12.9. The second-order valence-electron chi connectivity index (χ2n) is 2.28. The van der Waals surface area contributed by atoms with E-state index in [1.165, 1.54) is 19.1 Å². The molecule has 0 spiro atoms. The van der Waals surface area contributed by atoms with E-state index in [0.29, 0.717) is 0 Å². The van der Waals surface area contributed by atoms with Gasteiger partial charge in [0.15, 0.2) is 0 Å². The number of carbonyl (C=O) groups excluding carboxylic acids is 1. The van der Waals surface area contributed by atoms with Gasteiger partial charge in [0, 0.05) is 11.4 Å². The van der Waals surface area contributed by atoms with Crippen LogP contribution in [0.4, 0.5) is 10.2 Å². The second kappa shape index (κ2) is 3.67. The molecule has 1 amide bonds. The minimum Gasteiger partial charge on any atom is -0.272 e.